The molecule has 34 heavy (non-hydrogen) atoms. The number of nitrogens with zero attached hydrogens (tertiary/aromatic N) is 3. The Bertz CT molecular complexity index is 969. The molecule has 0 spiro atoms. The highest BCUT2D eigenvalue weighted by Crippen LogP contribution is 2.27. The normalized spacial score (nSPS) is 22.2. The van der Waals surface area contributed by atoms with Crippen molar-refractivity contribution in [1.29, 1.82) is 0 Å². The van der Waals surface area contributed by atoms with Crippen LogP contribution in [0.4, 0.5) is 5.69 Å². The number of aromatic nitrogens is 1. The summed E-state index contributed by atoms with van der Waals surface area (Å²) in [6.45, 7) is 8.42. The van der Waals surface area contributed by atoms with Crippen LogP contribution in [0.1, 0.15) is 43.1 Å². The van der Waals surface area contributed by atoms with E-state index in [4.69, 9.17) is 9.47 Å². The van der Waals surface area contributed by atoms with Gasteiger partial charge in [0.15, 0.2) is 0 Å². The van der Waals surface area contributed by atoms with Crippen LogP contribution in [0, 0.1) is 5.92 Å². The molecule has 1 N–H and O–H groups in total. The lowest BCUT2D eigenvalue weighted by atomic mass is 10.0. The Kier molecular flexibility index (Phi) is 9.01. The molecule has 0 saturated heterocycles. The minimum atomic E-state index is -0.141. The zero-order valence-electron chi connectivity index (χ0n) is 20.8. The monoisotopic (exact) mass is 468 g/mol. The molecule has 184 valence electrons. The summed E-state index contributed by atoms with van der Waals surface area (Å²) >= 11 is 0. The minimum Gasteiger partial charge on any atom is -0.491 e. The van der Waals surface area contributed by atoms with Gasteiger partial charge < -0.3 is 19.7 Å². The molecule has 0 aliphatic carbocycles. The van der Waals surface area contributed by atoms with E-state index in [0.717, 1.165) is 18.7 Å². The van der Waals surface area contributed by atoms with Gasteiger partial charge in [-0.05, 0) is 36.6 Å². The van der Waals surface area contributed by atoms with Crippen molar-refractivity contribution in [2.75, 3.05) is 39.2 Å². The number of likely N-dealkylation sites (N-methyl/N-ethyl adjacent to an activating group) is 1. The van der Waals surface area contributed by atoms with Crippen LogP contribution in [-0.4, -0.2) is 72.6 Å². The third-order valence-electron chi connectivity index (χ3n) is 6.29. The van der Waals surface area contributed by atoms with Gasteiger partial charge in [0.05, 0.1) is 11.7 Å². The highest BCUT2D eigenvalue weighted by atomic mass is 16.5. The predicted octanol–water partition coefficient (Wildman–Crippen LogP) is 3.44. The van der Waals surface area contributed by atoms with E-state index in [2.05, 4.69) is 35.1 Å². The number of nitrogens with one attached hydrogen (secondary N) is 1. The number of carbonyl (C=O) groups is 2. The van der Waals surface area contributed by atoms with E-state index in [1.54, 1.807) is 50.4 Å². The Morgan fingerprint density at radius 3 is 2.74 bits per heavy atom. The molecule has 3 rings (SSSR count). The lowest BCUT2D eigenvalue weighted by Crippen LogP contribution is -2.46. The second-order valence-corrected chi connectivity index (χ2v) is 9.00. The van der Waals surface area contributed by atoms with Crippen LogP contribution in [-0.2, 0) is 16.1 Å². The Balaban J connectivity index is 1.94. The summed E-state index contributed by atoms with van der Waals surface area (Å²) in [7, 11) is 3.47. The molecule has 2 heterocycles. The summed E-state index contributed by atoms with van der Waals surface area (Å²) in [5.41, 5.74) is 2.20. The maximum atomic E-state index is 13.3. The molecule has 8 heteroatoms. The second kappa shape index (κ2) is 11.9. The molecule has 3 atom stereocenters. The number of ether oxygens (including phenoxy) is 2. The van der Waals surface area contributed by atoms with Crippen LogP contribution < -0.4 is 10.1 Å². The van der Waals surface area contributed by atoms with Crippen molar-refractivity contribution in [3.8, 4) is 5.75 Å². The minimum absolute atomic E-state index is 0.0640. The molecule has 2 aromatic rings. The van der Waals surface area contributed by atoms with Crippen molar-refractivity contribution in [3.05, 3.63) is 53.9 Å². The maximum Gasteiger partial charge on any atom is 0.257 e. The molecule has 0 fully saturated rings. The average Bonchev–Trinajstić information content (AvgIpc) is 2.84. The molecule has 0 saturated carbocycles. The molecule has 2 amide bonds. The Morgan fingerprint density at radius 1 is 1.26 bits per heavy atom. The highest BCUT2D eigenvalue weighted by molar-refractivity contribution is 5.98. The molecular weight excluding hydrogens is 432 g/mol. The van der Waals surface area contributed by atoms with Crippen molar-refractivity contribution in [3.63, 3.8) is 0 Å². The fraction of sp³-hybridized carbons (Fsp3) is 0.500. The Labute approximate surface area is 202 Å². The molecule has 1 aromatic carbocycles. The molecule has 0 bridgehead atoms. The summed E-state index contributed by atoms with van der Waals surface area (Å²) in [5, 5.41) is 2.85. The zero-order valence-corrected chi connectivity index (χ0v) is 20.8. The van der Waals surface area contributed by atoms with Crippen LogP contribution in [0.15, 0.2) is 42.7 Å². The number of amides is 2. The number of hydrogen-bond donors (Lipinski definition) is 1. The predicted molar refractivity (Wildman–Crippen MR) is 132 cm³/mol. The summed E-state index contributed by atoms with van der Waals surface area (Å²) in [6, 6.07) is 9.26. The molecule has 0 radical (unpaired) electrons. The lowest BCUT2D eigenvalue weighted by Gasteiger charge is -2.36. The standard InChI is InChI=1S/C26H36N4O4/c1-6-25(31)28-21-9-10-22-23(12-21)34-17-19(3)30(15-20-8-7-11-27-13-20)14-18(2)24(33-5)16-29(4)26(22)32/h7-13,18-19,24H,6,14-17H2,1-5H3,(H,28,31)/t18-,19-,24-/m0/s1. The summed E-state index contributed by atoms with van der Waals surface area (Å²) < 4.78 is 12.0. The SMILES string of the molecule is CCC(=O)Nc1ccc2c(c1)OC[C@H](C)N(Cc1cccnc1)C[C@H](C)[C@@H](OC)CN(C)C2=O. The van der Waals surface area contributed by atoms with Gasteiger partial charge in [-0.1, -0.05) is 19.9 Å². The van der Waals surface area contributed by atoms with Crippen LogP contribution in [0.2, 0.25) is 0 Å². The lowest BCUT2D eigenvalue weighted by molar-refractivity contribution is -0.115. The van der Waals surface area contributed by atoms with Crippen molar-refractivity contribution < 1.29 is 19.1 Å². The summed E-state index contributed by atoms with van der Waals surface area (Å²) in [4.78, 5) is 33.5. The number of pyridine rings is 1. The summed E-state index contributed by atoms with van der Waals surface area (Å²) in [6.07, 6.45) is 3.90. The Hall–Kier alpha value is -2.97. The largest absolute Gasteiger partial charge is 0.491 e. The van der Waals surface area contributed by atoms with Gasteiger partial charge in [0, 0.05) is 70.4 Å². The molecule has 1 aliphatic heterocycles. The number of methoxy groups -OCH3 is 1. The third-order valence-corrected chi connectivity index (χ3v) is 6.29. The van der Waals surface area contributed by atoms with Crippen LogP contribution in [0.5, 0.6) is 5.75 Å². The van der Waals surface area contributed by atoms with Gasteiger partial charge in [-0.2, -0.15) is 0 Å². The van der Waals surface area contributed by atoms with Crippen molar-refractivity contribution in [2.45, 2.75) is 45.9 Å². The van der Waals surface area contributed by atoms with Crippen LogP contribution in [0.3, 0.4) is 0 Å². The fourth-order valence-corrected chi connectivity index (χ4v) is 4.12. The van der Waals surface area contributed by atoms with E-state index in [1.807, 2.05) is 12.3 Å². The van der Waals surface area contributed by atoms with E-state index < -0.39 is 0 Å². The van der Waals surface area contributed by atoms with Gasteiger partial charge in [-0.3, -0.25) is 19.5 Å². The Morgan fingerprint density at radius 2 is 2.06 bits per heavy atom. The molecular formula is C26H36N4O4. The molecule has 1 aliphatic rings. The molecule has 8 nitrogen and oxygen atoms in total. The average molecular weight is 469 g/mol. The van der Waals surface area contributed by atoms with Gasteiger partial charge in [0.1, 0.15) is 12.4 Å². The smallest absolute Gasteiger partial charge is 0.257 e. The van der Waals surface area contributed by atoms with Gasteiger partial charge >= 0.3 is 0 Å². The maximum absolute atomic E-state index is 13.3. The van der Waals surface area contributed by atoms with E-state index in [-0.39, 0.29) is 29.9 Å². The van der Waals surface area contributed by atoms with Crippen molar-refractivity contribution >= 4 is 17.5 Å². The van der Waals surface area contributed by atoms with Gasteiger partial charge in [-0.25, -0.2) is 0 Å². The van der Waals surface area contributed by atoms with Gasteiger partial charge in [0.2, 0.25) is 5.91 Å². The van der Waals surface area contributed by atoms with Crippen LogP contribution >= 0.6 is 0 Å². The molecule has 1 aromatic heterocycles. The van der Waals surface area contributed by atoms with E-state index in [9.17, 15) is 9.59 Å². The number of hydrogen-bond acceptors (Lipinski definition) is 6. The van der Waals surface area contributed by atoms with Crippen molar-refractivity contribution in [2.24, 2.45) is 5.92 Å². The van der Waals surface area contributed by atoms with E-state index in [0.29, 0.717) is 36.6 Å². The third kappa shape index (κ3) is 6.55. The van der Waals surface area contributed by atoms with Gasteiger partial charge in [0.25, 0.3) is 5.91 Å². The van der Waals surface area contributed by atoms with E-state index >= 15 is 0 Å². The number of rotatable bonds is 5. The highest BCUT2D eigenvalue weighted by Gasteiger charge is 2.28. The van der Waals surface area contributed by atoms with Crippen LogP contribution in [0.25, 0.3) is 0 Å². The first kappa shape index (κ1) is 25.6. The van der Waals surface area contributed by atoms with E-state index in [1.165, 1.54) is 0 Å². The quantitative estimate of drug-likeness (QED) is 0.724. The number of carbonyl (C=O) groups excluding carboxylic acids is 2. The number of anilines is 1. The first-order valence-electron chi connectivity index (χ1n) is 11.8. The topological polar surface area (TPSA) is 84.0 Å². The van der Waals surface area contributed by atoms with Crippen molar-refractivity contribution in [1.82, 2.24) is 14.8 Å². The summed E-state index contributed by atoms with van der Waals surface area (Å²) in [5.74, 6) is 0.411. The fourth-order valence-electron chi connectivity index (χ4n) is 4.12. The second-order valence-electron chi connectivity index (χ2n) is 9.00. The number of fused-ring (bicyclic) bond motifs is 1. The first-order valence-corrected chi connectivity index (χ1v) is 11.8. The zero-order chi connectivity index (χ0) is 24.7. The number of benzene rings is 1. The first-order chi connectivity index (χ1) is 16.3. The molecule has 0 unspecified atom stereocenters. The van der Waals surface area contributed by atoms with Gasteiger partial charge in [-0.15, -0.1) is 0 Å².